The SMILES string of the molecule is Fc1cc(CCl)cc(N2CCCOc3ccccc32)c1. The van der Waals surface area contributed by atoms with Gasteiger partial charge in [-0.25, -0.2) is 4.39 Å². The molecule has 0 aliphatic carbocycles. The maximum absolute atomic E-state index is 13.7. The van der Waals surface area contributed by atoms with Gasteiger partial charge in [0.15, 0.2) is 0 Å². The first kappa shape index (κ1) is 13.3. The van der Waals surface area contributed by atoms with E-state index in [4.69, 9.17) is 16.3 Å². The fraction of sp³-hybridized carbons (Fsp3) is 0.250. The van der Waals surface area contributed by atoms with Crippen molar-refractivity contribution >= 4 is 23.0 Å². The molecule has 4 heteroatoms. The first-order valence-electron chi connectivity index (χ1n) is 6.63. The molecule has 1 heterocycles. The van der Waals surface area contributed by atoms with Gasteiger partial charge in [-0.15, -0.1) is 11.6 Å². The van der Waals surface area contributed by atoms with Gasteiger partial charge in [-0.2, -0.15) is 0 Å². The van der Waals surface area contributed by atoms with Gasteiger partial charge in [0.2, 0.25) is 0 Å². The zero-order valence-electron chi connectivity index (χ0n) is 11.0. The van der Waals surface area contributed by atoms with E-state index in [0.717, 1.165) is 35.7 Å². The van der Waals surface area contributed by atoms with Gasteiger partial charge in [0.25, 0.3) is 0 Å². The standard InChI is InChI=1S/C16H15ClFNO/c17-11-12-8-13(18)10-14(9-12)19-6-3-7-20-16-5-2-1-4-15(16)19/h1-2,4-5,8-10H,3,6-7,11H2. The van der Waals surface area contributed by atoms with Crippen molar-refractivity contribution in [3.8, 4) is 5.75 Å². The Hall–Kier alpha value is -1.74. The molecule has 3 rings (SSSR count). The molecule has 2 aromatic carbocycles. The molecule has 1 aliphatic rings. The molecule has 0 bridgehead atoms. The first-order chi connectivity index (χ1) is 9.78. The zero-order chi connectivity index (χ0) is 13.9. The van der Waals surface area contributed by atoms with Crippen molar-refractivity contribution in [3.05, 3.63) is 53.8 Å². The lowest BCUT2D eigenvalue weighted by Gasteiger charge is -2.24. The zero-order valence-corrected chi connectivity index (χ0v) is 11.7. The summed E-state index contributed by atoms with van der Waals surface area (Å²) in [5, 5.41) is 0. The summed E-state index contributed by atoms with van der Waals surface area (Å²) in [4.78, 5) is 2.08. The van der Waals surface area contributed by atoms with Crippen LogP contribution in [-0.2, 0) is 5.88 Å². The molecule has 104 valence electrons. The monoisotopic (exact) mass is 291 g/mol. The molecule has 2 nitrogen and oxygen atoms in total. The van der Waals surface area contributed by atoms with Gasteiger partial charge in [0.1, 0.15) is 11.6 Å². The van der Waals surface area contributed by atoms with Crippen LogP contribution in [-0.4, -0.2) is 13.2 Å². The van der Waals surface area contributed by atoms with Gasteiger partial charge in [0.05, 0.1) is 12.3 Å². The van der Waals surface area contributed by atoms with Crippen LogP contribution in [0.25, 0.3) is 0 Å². The first-order valence-corrected chi connectivity index (χ1v) is 7.16. The molecule has 0 saturated heterocycles. The molecule has 0 unspecified atom stereocenters. The number of ether oxygens (including phenoxy) is 1. The van der Waals surface area contributed by atoms with Crippen LogP contribution < -0.4 is 9.64 Å². The quantitative estimate of drug-likeness (QED) is 0.756. The number of fused-ring (bicyclic) bond motifs is 1. The van der Waals surface area contributed by atoms with E-state index in [1.54, 1.807) is 0 Å². The van der Waals surface area contributed by atoms with Gasteiger partial charge in [0, 0.05) is 18.1 Å². The van der Waals surface area contributed by atoms with Gasteiger partial charge in [-0.1, -0.05) is 12.1 Å². The third-order valence-corrected chi connectivity index (χ3v) is 3.66. The summed E-state index contributed by atoms with van der Waals surface area (Å²) < 4.78 is 19.5. The summed E-state index contributed by atoms with van der Waals surface area (Å²) in [5.74, 6) is 0.874. The summed E-state index contributed by atoms with van der Waals surface area (Å²) in [6.07, 6.45) is 0.890. The predicted octanol–water partition coefficient (Wildman–Crippen LogP) is 4.49. The lowest BCUT2D eigenvalue weighted by atomic mass is 10.1. The molecule has 0 atom stereocenters. The minimum Gasteiger partial charge on any atom is -0.491 e. The summed E-state index contributed by atoms with van der Waals surface area (Å²) in [5.41, 5.74) is 2.57. The number of benzene rings is 2. The highest BCUT2D eigenvalue weighted by molar-refractivity contribution is 6.17. The predicted molar refractivity (Wildman–Crippen MR) is 79.5 cm³/mol. The fourth-order valence-corrected chi connectivity index (χ4v) is 2.62. The maximum atomic E-state index is 13.7. The largest absolute Gasteiger partial charge is 0.491 e. The Bertz CT molecular complexity index is 617. The van der Waals surface area contributed by atoms with Crippen molar-refractivity contribution < 1.29 is 9.13 Å². The topological polar surface area (TPSA) is 12.5 Å². The van der Waals surface area contributed by atoms with Crippen molar-refractivity contribution in [2.24, 2.45) is 0 Å². The van der Waals surface area contributed by atoms with Crippen LogP contribution in [0.2, 0.25) is 0 Å². The van der Waals surface area contributed by atoms with Crippen molar-refractivity contribution in [1.82, 2.24) is 0 Å². The van der Waals surface area contributed by atoms with Crippen LogP contribution in [0.15, 0.2) is 42.5 Å². The average molecular weight is 292 g/mol. The highest BCUT2D eigenvalue weighted by Gasteiger charge is 2.18. The second-order valence-electron chi connectivity index (χ2n) is 4.77. The number of anilines is 2. The van der Waals surface area contributed by atoms with Crippen molar-refractivity contribution in [3.63, 3.8) is 0 Å². The van der Waals surface area contributed by atoms with Crippen LogP contribution in [0, 0.1) is 5.82 Å². The molecule has 2 aromatic rings. The molecule has 0 aromatic heterocycles. The van der Waals surface area contributed by atoms with Crippen molar-refractivity contribution in [2.75, 3.05) is 18.1 Å². The summed E-state index contributed by atoms with van der Waals surface area (Å²) in [6, 6.07) is 12.8. The number of para-hydroxylation sites is 2. The van der Waals surface area contributed by atoms with E-state index in [2.05, 4.69) is 4.90 Å². The van der Waals surface area contributed by atoms with Gasteiger partial charge in [-0.05, 0) is 42.3 Å². The average Bonchev–Trinajstić information content (AvgIpc) is 2.69. The third-order valence-electron chi connectivity index (χ3n) is 3.35. The number of hydrogen-bond acceptors (Lipinski definition) is 2. The Labute approximate surface area is 122 Å². The van der Waals surface area contributed by atoms with E-state index in [1.807, 2.05) is 30.3 Å². The van der Waals surface area contributed by atoms with E-state index in [0.29, 0.717) is 12.5 Å². The molecular weight excluding hydrogens is 277 g/mol. The lowest BCUT2D eigenvalue weighted by molar-refractivity contribution is 0.322. The number of nitrogens with zero attached hydrogens (tertiary/aromatic N) is 1. The Morgan fingerprint density at radius 3 is 2.90 bits per heavy atom. The molecule has 0 spiro atoms. The van der Waals surface area contributed by atoms with E-state index in [1.165, 1.54) is 12.1 Å². The van der Waals surface area contributed by atoms with Crippen LogP contribution in [0.5, 0.6) is 5.75 Å². The number of rotatable bonds is 2. The number of alkyl halides is 1. The summed E-state index contributed by atoms with van der Waals surface area (Å²) in [6.45, 7) is 1.47. The summed E-state index contributed by atoms with van der Waals surface area (Å²) >= 11 is 5.83. The molecule has 0 radical (unpaired) electrons. The second kappa shape index (κ2) is 5.71. The molecule has 20 heavy (non-hydrogen) atoms. The van der Waals surface area contributed by atoms with E-state index < -0.39 is 0 Å². The molecule has 0 amide bonds. The highest BCUT2D eigenvalue weighted by atomic mass is 35.5. The molecule has 0 fully saturated rings. The molecule has 0 saturated carbocycles. The normalized spacial score (nSPS) is 14.4. The Balaban J connectivity index is 2.07. The number of hydrogen-bond donors (Lipinski definition) is 0. The van der Waals surface area contributed by atoms with Crippen molar-refractivity contribution in [2.45, 2.75) is 12.3 Å². The van der Waals surface area contributed by atoms with E-state index >= 15 is 0 Å². The fourth-order valence-electron chi connectivity index (χ4n) is 2.46. The van der Waals surface area contributed by atoms with Crippen LogP contribution in [0.4, 0.5) is 15.8 Å². The van der Waals surface area contributed by atoms with Gasteiger partial charge < -0.3 is 9.64 Å². The minimum atomic E-state index is -0.263. The maximum Gasteiger partial charge on any atom is 0.142 e. The smallest absolute Gasteiger partial charge is 0.142 e. The second-order valence-corrected chi connectivity index (χ2v) is 5.04. The van der Waals surface area contributed by atoms with E-state index in [9.17, 15) is 4.39 Å². The Kier molecular flexibility index (Phi) is 3.79. The Morgan fingerprint density at radius 2 is 2.05 bits per heavy atom. The van der Waals surface area contributed by atoms with Gasteiger partial charge in [-0.3, -0.25) is 0 Å². The van der Waals surface area contributed by atoms with Crippen LogP contribution >= 0.6 is 11.6 Å². The number of halogens is 2. The highest BCUT2D eigenvalue weighted by Crippen LogP contribution is 2.36. The molecule has 1 aliphatic heterocycles. The van der Waals surface area contributed by atoms with Crippen LogP contribution in [0.1, 0.15) is 12.0 Å². The Morgan fingerprint density at radius 1 is 1.20 bits per heavy atom. The summed E-state index contributed by atoms with van der Waals surface area (Å²) in [7, 11) is 0. The van der Waals surface area contributed by atoms with Gasteiger partial charge >= 0.3 is 0 Å². The third kappa shape index (κ3) is 2.59. The molecule has 0 N–H and O–H groups in total. The minimum absolute atomic E-state index is 0.263. The lowest BCUT2D eigenvalue weighted by Crippen LogP contribution is -2.18. The van der Waals surface area contributed by atoms with Crippen LogP contribution in [0.3, 0.4) is 0 Å². The molecular formula is C16H15ClFNO. The van der Waals surface area contributed by atoms with E-state index in [-0.39, 0.29) is 5.82 Å². The van der Waals surface area contributed by atoms with Crippen molar-refractivity contribution in [1.29, 1.82) is 0 Å².